The highest BCUT2D eigenvalue weighted by Gasteiger charge is 2.41. The van der Waals surface area contributed by atoms with Crippen LogP contribution < -0.4 is 5.32 Å². The van der Waals surface area contributed by atoms with E-state index in [0.717, 1.165) is 17.1 Å². The molecule has 0 unspecified atom stereocenters. The number of carbonyl (C=O) groups excluding carboxylic acids is 2. The van der Waals surface area contributed by atoms with Crippen molar-refractivity contribution in [1.29, 1.82) is 0 Å². The fourth-order valence-electron chi connectivity index (χ4n) is 2.83. The first-order valence-corrected chi connectivity index (χ1v) is 9.50. The maximum atomic E-state index is 12.3. The van der Waals surface area contributed by atoms with Gasteiger partial charge in [0.05, 0.1) is 0 Å². The summed E-state index contributed by atoms with van der Waals surface area (Å²) in [5.74, 6) is 0.0291. The van der Waals surface area contributed by atoms with Crippen LogP contribution in [0.4, 0.5) is 0 Å². The molecule has 7 heteroatoms. The molecule has 6 nitrogen and oxygen atoms in total. The summed E-state index contributed by atoms with van der Waals surface area (Å²) < 4.78 is 0. The molecule has 2 N–H and O–H groups in total. The Hall–Kier alpha value is -2.02. The van der Waals surface area contributed by atoms with Gasteiger partial charge in [0.1, 0.15) is 5.54 Å². The number of benzene rings is 1. The minimum Gasteiger partial charge on any atom is -0.480 e. The summed E-state index contributed by atoms with van der Waals surface area (Å²) in [5, 5.41) is 12.2. The number of carbonyl (C=O) groups is 3. The van der Waals surface area contributed by atoms with Crippen LogP contribution in [-0.4, -0.2) is 51.4 Å². The van der Waals surface area contributed by atoms with Crippen LogP contribution >= 0.6 is 11.8 Å². The van der Waals surface area contributed by atoms with E-state index in [-0.39, 0.29) is 24.8 Å². The zero-order chi connectivity index (χ0) is 18.3. The highest BCUT2D eigenvalue weighted by atomic mass is 32.2. The Morgan fingerprint density at radius 2 is 1.84 bits per heavy atom. The number of hydrogen-bond donors (Lipinski definition) is 2. The Morgan fingerprint density at radius 3 is 2.40 bits per heavy atom. The van der Waals surface area contributed by atoms with Crippen molar-refractivity contribution in [2.75, 3.05) is 18.1 Å². The fourth-order valence-corrected chi connectivity index (χ4v) is 4.02. The standard InChI is InChI=1S/C18H24N2O4S/c1-14(21)20(13-15-5-3-2-4-6-15)10-7-16(22)19-18(17(23)24)8-11-25-12-9-18/h2-6H,7-13H2,1H3,(H,19,22)(H,23,24). The number of nitrogens with zero attached hydrogens (tertiary/aromatic N) is 1. The highest BCUT2D eigenvalue weighted by molar-refractivity contribution is 7.99. The molecule has 1 heterocycles. The zero-order valence-corrected chi connectivity index (χ0v) is 15.2. The molecule has 1 fully saturated rings. The molecule has 1 aromatic carbocycles. The van der Waals surface area contributed by atoms with Crippen molar-refractivity contribution >= 4 is 29.5 Å². The molecule has 1 aliphatic heterocycles. The van der Waals surface area contributed by atoms with E-state index in [1.54, 1.807) is 16.7 Å². The smallest absolute Gasteiger partial charge is 0.329 e. The molecule has 25 heavy (non-hydrogen) atoms. The summed E-state index contributed by atoms with van der Waals surface area (Å²) in [7, 11) is 0. The maximum absolute atomic E-state index is 12.3. The molecule has 1 aromatic rings. The van der Waals surface area contributed by atoms with Crippen LogP contribution in [0.2, 0.25) is 0 Å². The lowest BCUT2D eigenvalue weighted by atomic mass is 9.92. The van der Waals surface area contributed by atoms with Gasteiger partial charge in [0, 0.05) is 26.4 Å². The summed E-state index contributed by atoms with van der Waals surface area (Å²) in [6.07, 6.45) is 0.951. The zero-order valence-electron chi connectivity index (χ0n) is 14.4. The van der Waals surface area contributed by atoms with Crippen molar-refractivity contribution in [2.45, 2.75) is 38.3 Å². The van der Waals surface area contributed by atoms with Gasteiger partial charge in [0.25, 0.3) is 0 Å². The van der Waals surface area contributed by atoms with Crippen LogP contribution in [0.3, 0.4) is 0 Å². The summed E-state index contributed by atoms with van der Waals surface area (Å²) in [5.41, 5.74) is -0.174. The second-order valence-corrected chi connectivity index (χ2v) is 7.45. The van der Waals surface area contributed by atoms with E-state index >= 15 is 0 Å². The summed E-state index contributed by atoms with van der Waals surface area (Å²) >= 11 is 1.70. The van der Waals surface area contributed by atoms with Gasteiger partial charge < -0.3 is 15.3 Å². The van der Waals surface area contributed by atoms with Crippen LogP contribution in [0.25, 0.3) is 0 Å². The Bertz CT molecular complexity index is 615. The maximum Gasteiger partial charge on any atom is 0.329 e. The van der Waals surface area contributed by atoms with Gasteiger partial charge in [-0.2, -0.15) is 11.8 Å². The third-order valence-electron chi connectivity index (χ3n) is 4.40. The van der Waals surface area contributed by atoms with Crippen molar-refractivity contribution in [3.63, 3.8) is 0 Å². The first-order chi connectivity index (χ1) is 11.9. The van der Waals surface area contributed by atoms with Crippen molar-refractivity contribution in [3.8, 4) is 0 Å². The normalized spacial score (nSPS) is 16.0. The molecule has 0 radical (unpaired) electrons. The molecule has 2 amide bonds. The lowest BCUT2D eigenvalue weighted by Crippen LogP contribution is -2.56. The number of thioether (sulfide) groups is 1. The van der Waals surface area contributed by atoms with Crippen molar-refractivity contribution in [3.05, 3.63) is 35.9 Å². The molecule has 2 rings (SSSR count). The average Bonchev–Trinajstić information content (AvgIpc) is 2.60. The predicted molar refractivity (Wildman–Crippen MR) is 97.2 cm³/mol. The van der Waals surface area contributed by atoms with E-state index in [1.165, 1.54) is 6.92 Å². The number of aliphatic carboxylic acids is 1. The quantitative estimate of drug-likeness (QED) is 0.772. The Labute approximate surface area is 152 Å². The number of rotatable bonds is 7. The molecule has 136 valence electrons. The molecule has 0 aliphatic carbocycles. The van der Waals surface area contributed by atoms with Crippen molar-refractivity contribution in [2.24, 2.45) is 0 Å². The van der Waals surface area contributed by atoms with E-state index in [1.807, 2.05) is 30.3 Å². The molecular formula is C18H24N2O4S. The number of carboxylic acid groups (broad SMARTS) is 1. The van der Waals surface area contributed by atoms with E-state index in [9.17, 15) is 19.5 Å². The van der Waals surface area contributed by atoms with E-state index in [4.69, 9.17) is 0 Å². The summed E-state index contributed by atoms with van der Waals surface area (Å²) in [6.45, 7) is 2.17. The average molecular weight is 364 g/mol. The third kappa shape index (κ3) is 5.49. The van der Waals surface area contributed by atoms with Crippen LogP contribution in [0, 0.1) is 0 Å². The molecule has 0 atom stereocenters. The number of hydrogen-bond acceptors (Lipinski definition) is 4. The monoisotopic (exact) mass is 364 g/mol. The number of amides is 2. The minimum absolute atomic E-state index is 0.0919. The lowest BCUT2D eigenvalue weighted by molar-refractivity contribution is -0.148. The Morgan fingerprint density at radius 1 is 1.20 bits per heavy atom. The lowest BCUT2D eigenvalue weighted by Gasteiger charge is -2.34. The highest BCUT2D eigenvalue weighted by Crippen LogP contribution is 2.27. The van der Waals surface area contributed by atoms with E-state index in [0.29, 0.717) is 19.4 Å². The predicted octanol–water partition coefficient (Wildman–Crippen LogP) is 1.89. The second kappa shape index (κ2) is 8.89. The molecule has 0 bridgehead atoms. The van der Waals surface area contributed by atoms with Crippen LogP contribution in [0.5, 0.6) is 0 Å². The Balaban J connectivity index is 1.92. The van der Waals surface area contributed by atoms with Gasteiger partial charge in [-0.05, 0) is 29.9 Å². The number of nitrogens with one attached hydrogen (secondary N) is 1. The van der Waals surface area contributed by atoms with E-state index < -0.39 is 11.5 Å². The first-order valence-electron chi connectivity index (χ1n) is 8.34. The SMILES string of the molecule is CC(=O)N(CCC(=O)NC1(C(=O)O)CCSCC1)Cc1ccccc1. The molecule has 1 saturated heterocycles. The van der Waals surface area contributed by atoms with Gasteiger partial charge in [-0.15, -0.1) is 0 Å². The van der Waals surface area contributed by atoms with Crippen molar-refractivity contribution < 1.29 is 19.5 Å². The fraction of sp³-hybridized carbons (Fsp3) is 0.500. The third-order valence-corrected chi connectivity index (χ3v) is 5.39. The van der Waals surface area contributed by atoms with Gasteiger partial charge in [-0.3, -0.25) is 9.59 Å². The second-order valence-electron chi connectivity index (χ2n) is 6.22. The minimum atomic E-state index is -1.16. The van der Waals surface area contributed by atoms with E-state index in [2.05, 4.69) is 5.32 Å². The largest absolute Gasteiger partial charge is 0.480 e. The van der Waals surface area contributed by atoms with Gasteiger partial charge in [-0.25, -0.2) is 4.79 Å². The molecule has 0 aromatic heterocycles. The van der Waals surface area contributed by atoms with Gasteiger partial charge in [0.2, 0.25) is 11.8 Å². The van der Waals surface area contributed by atoms with Crippen LogP contribution in [0.15, 0.2) is 30.3 Å². The van der Waals surface area contributed by atoms with Crippen molar-refractivity contribution in [1.82, 2.24) is 10.2 Å². The van der Waals surface area contributed by atoms with Gasteiger partial charge >= 0.3 is 5.97 Å². The van der Waals surface area contributed by atoms with Crippen LogP contribution in [0.1, 0.15) is 31.7 Å². The first kappa shape index (κ1) is 19.3. The molecule has 1 aliphatic rings. The number of carboxylic acids is 1. The Kier molecular flexibility index (Phi) is 6.87. The van der Waals surface area contributed by atoms with Crippen LogP contribution in [-0.2, 0) is 20.9 Å². The molecule has 0 saturated carbocycles. The molecule has 0 spiro atoms. The van der Waals surface area contributed by atoms with Gasteiger partial charge in [0.15, 0.2) is 0 Å². The van der Waals surface area contributed by atoms with Gasteiger partial charge in [-0.1, -0.05) is 30.3 Å². The molecular weight excluding hydrogens is 340 g/mol. The topological polar surface area (TPSA) is 86.7 Å². The summed E-state index contributed by atoms with van der Waals surface area (Å²) in [4.78, 5) is 37.3. The summed E-state index contributed by atoms with van der Waals surface area (Å²) in [6, 6.07) is 9.56.